The minimum atomic E-state index is -0.576. The van der Waals surface area contributed by atoms with E-state index in [9.17, 15) is 4.79 Å². The maximum Gasteiger partial charge on any atom is 0.313 e. The third-order valence-corrected chi connectivity index (χ3v) is 2.94. The number of rotatable bonds is 4. The first-order valence-electron chi connectivity index (χ1n) is 5.83. The fourth-order valence-corrected chi connectivity index (χ4v) is 1.78. The maximum atomic E-state index is 11.6. The molecule has 1 aromatic carbocycles. The van der Waals surface area contributed by atoms with E-state index in [1.807, 2.05) is 38.1 Å². The highest BCUT2D eigenvalue weighted by molar-refractivity contribution is 5.90. The van der Waals surface area contributed by atoms with Crippen molar-refractivity contribution >= 4 is 22.6 Å². The summed E-state index contributed by atoms with van der Waals surface area (Å²) in [5.74, 6) is -0.234. The lowest BCUT2D eigenvalue weighted by Crippen LogP contribution is -2.33. The van der Waals surface area contributed by atoms with Crippen LogP contribution in [0.3, 0.4) is 0 Å². The highest BCUT2D eigenvalue weighted by atomic mass is 16.5. The van der Waals surface area contributed by atoms with Gasteiger partial charge in [-0.15, -0.1) is 0 Å². The number of benzene rings is 1. The van der Waals surface area contributed by atoms with Crippen LogP contribution in [0.1, 0.15) is 13.8 Å². The molecule has 0 aliphatic heterocycles. The Morgan fingerprint density at radius 2 is 2.11 bits per heavy atom. The second kappa shape index (κ2) is 4.72. The smallest absolute Gasteiger partial charge is 0.313 e. The molecular weight excluding hydrogens is 230 g/mol. The zero-order chi connectivity index (χ0) is 13.2. The van der Waals surface area contributed by atoms with Gasteiger partial charge in [0.05, 0.1) is 18.2 Å². The number of hydrogen-bond donors (Lipinski definition) is 1. The molecule has 1 aromatic heterocycles. The van der Waals surface area contributed by atoms with Gasteiger partial charge in [-0.3, -0.25) is 4.79 Å². The van der Waals surface area contributed by atoms with Gasteiger partial charge in [-0.05, 0) is 26.0 Å². The molecular formula is C14H17NO3. The largest absolute Gasteiger partial charge is 0.469 e. The summed E-state index contributed by atoms with van der Waals surface area (Å²) >= 11 is 0. The topological polar surface area (TPSA) is 51.5 Å². The number of esters is 1. The third kappa shape index (κ3) is 2.32. The van der Waals surface area contributed by atoms with E-state index < -0.39 is 5.41 Å². The molecule has 0 aliphatic rings. The highest BCUT2D eigenvalue weighted by Gasteiger charge is 2.28. The van der Waals surface area contributed by atoms with Gasteiger partial charge in [-0.1, -0.05) is 12.1 Å². The lowest BCUT2D eigenvalue weighted by Gasteiger charge is -2.21. The molecule has 2 aromatic rings. The number of nitrogens with one attached hydrogen (secondary N) is 1. The Balaban J connectivity index is 2.13. The van der Waals surface area contributed by atoms with Crippen LogP contribution in [0, 0.1) is 5.41 Å². The van der Waals surface area contributed by atoms with Crippen molar-refractivity contribution in [1.29, 1.82) is 0 Å². The molecule has 0 saturated carbocycles. The van der Waals surface area contributed by atoms with E-state index in [-0.39, 0.29) is 5.97 Å². The van der Waals surface area contributed by atoms with Gasteiger partial charge in [0, 0.05) is 11.9 Å². The molecule has 0 amide bonds. The van der Waals surface area contributed by atoms with Crippen molar-refractivity contribution in [2.45, 2.75) is 13.8 Å². The molecule has 1 N–H and O–H groups in total. The normalized spacial score (nSPS) is 11.5. The van der Waals surface area contributed by atoms with Crippen LogP contribution in [-0.4, -0.2) is 19.6 Å². The average Bonchev–Trinajstić information content (AvgIpc) is 2.78. The van der Waals surface area contributed by atoms with Crippen molar-refractivity contribution in [1.82, 2.24) is 0 Å². The quantitative estimate of drug-likeness (QED) is 0.844. The fraction of sp³-hybridized carbons (Fsp3) is 0.357. The molecule has 0 aliphatic carbocycles. The lowest BCUT2D eigenvalue weighted by molar-refractivity contribution is -0.149. The summed E-state index contributed by atoms with van der Waals surface area (Å²) in [5.41, 5.74) is 1.14. The first-order valence-corrected chi connectivity index (χ1v) is 5.83. The minimum Gasteiger partial charge on any atom is -0.469 e. The molecule has 0 saturated heterocycles. The van der Waals surface area contributed by atoms with E-state index in [0.717, 1.165) is 16.7 Å². The van der Waals surface area contributed by atoms with Crippen molar-refractivity contribution in [3.8, 4) is 0 Å². The van der Waals surface area contributed by atoms with E-state index in [1.165, 1.54) is 7.11 Å². The van der Waals surface area contributed by atoms with E-state index in [2.05, 4.69) is 5.32 Å². The number of anilines is 1. The molecule has 0 bridgehead atoms. The van der Waals surface area contributed by atoms with Gasteiger partial charge in [0.2, 0.25) is 0 Å². The van der Waals surface area contributed by atoms with Crippen LogP contribution in [0.5, 0.6) is 0 Å². The van der Waals surface area contributed by atoms with Gasteiger partial charge >= 0.3 is 5.97 Å². The number of ether oxygens (including phenoxy) is 1. The summed E-state index contributed by atoms with van der Waals surface area (Å²) in [6, 6.07) is 7.76. The van der Waals surface area contributed by atoms with Gasteiger partial charge in [0.15, 0.2) is 0 Å². The number of furan rings is 1. The van der Waals surface area contributed by atoms with Crippen LogP contribution in [0.4, 0.5) is 5.69 Å². The molecule has 96 valence electrons. The van der Waals surface area contributed by atoms with Crippen molar-refractivity contribution < 1.29 is 13.9 Å². The van der Waals surface area contributed by atoms with Crippen molar-refractivity contribution in [2.24, 2.45) is 5.41 Å². The summed E-state index contributed by atoms with van der Waals surface area (Å²) in [7, 11) is 1.40. The van der Waals surface area contributed by atoms with E-state index in [4.69, 9.17) is 9.15 Å². The Morgan fingerprint density at radius 3 is 2.83 bits per heavy atom. The predicted molar refractivity (Wildman–Crippen MR) is 70.5 cm³/mol. The third-order valence-electron chi connectivity index (χ3n) is 2.94. The van der Waals surface area contributed by atoms with Gasteiger partial charge in [0.25, 0.3) is 0 Å². The van der Waals surface area contributed by atoms with Crippen molar-refractivity contribution in [3.05, 3.63) is 30.5 Å². The molecule has 1 heterocycles. The van der Waals surface area contributed by atoms with Gasteiger partial charge in [-0.2, -0.15) is 0 Å². The summed E-state index contributed by atoms with van der Waals surface area (Å²) in [6.45, 7) is 4.17. The van der Waals surface area contributed by atoms with Gasteiger partial charge in [0.1, 0.15) is 11.8 Å². The molecule has 0 unspecified atom stereocenters. The Hall–Kier alpha value is -1.97. The highest BCUT2D eigenvalue weighted by Crippen LogP contribution is 2.27. The summed E-state index contributed by atoms with van der Waals surface area (Å²) < 4.78 is 10.2. The summed E-state index contributed by atoms with van der Waals surface area (Å²) in [5, 5.41) is 4.24. The minimum absolute atomic E-state index is 0.234. The van der Waals surface area contributed by atoms with Crippen LogP contribution in [0.2, 0.25) is 0 Å². The number of para-hydroxylation sites is 1. The number of fused-ring (bicyclic) bond motifs is 1. The van der Waals surface area contributed by atoms with Crippen molar-refractivity contribution in [2.75, 3.05) is 19.0 Å². The van der Waals surface area contributed by atoms with Gasteiger partial charge in [-0.25, -0.2) is 0 Å². The molecule has 2 rings (SSSR count). The molecule has 0 fully saturated rings. The molecule has 0 spiro atoms. The maximum absolute atomic E-state index is 11.6. The van der Waals surface area contributed by atoms with Crippen LogP contribution in [0.15, 0.2) is 34.9 Å². The first kappa shape index (κ1) is 12.5. The zero-order valence-corrected chi connectivity index (χ0v) is 10.8. The summed E-state index contributed by atoms with van der Waals surface area (Å²) in [4.78, 5) is 11.6. The van der Waals surface area contributed by atoms with Crippen LogP contribution in [0.25, 0.3) is 11.0 Å². The Kier molecular flexibility index (Phi) is 3.28. The SMILES string of the molecule is COC(=O)C(C)(C)CNc1coc2ccccc12. The standard InChI is InChI=1S/C14H17NO3/c1-14(2,13(16)17-3)9-15-11-8-18-12-7-5-4-6-10(11)12/h4-8,15H,9H2,1-3H3. The van der Waals surface area contributed by atoms with Crippen molar-refractivity contribution in [3.63, 3.8) is 0 Å². The number of carbonyl (C=O) groups excluding carboxylic acids is 1. The summed E-state index contributed by atoms with van der Waals surface area (Å²) in [6.07, 6.45) is 1.66. The van der Waals surface area contributed by atoms with Crippen LogP contribution in [-0.2, 0) is 9.53 Å². The lowest BCUT2D eigenvalue weighted by atomic mass is 9.93. The second-order valence-electron chi connectivity index (χ2n) is 4.87. The van der Waals surface area contributed by atoms with E-state index in [0.29, 0.717) is 6.54 Å². The molecule has 4 nitrogen and oxygen atoms in total. The number of hydrogen-bond acceptors (Lipinski definition) is 4. The average molecular weight is 247 g/mol. The van der Waals surface area contributed by atoms with E-state index >= 15 is 0 Å². The second-order valence-corrected chi connectivity index (χ2v) is 4.87. The van der Waals surface area contributed by atoms with Crippen LogP contribution >= 0.6 is 0 Å². The molecule has 4 heteroatoms. The molecule has 0 atom stereocenters. The number of methoxy groups -OCH3 is 1. The Bertz CT molecular complexity index is 557. The first-order chi connectivity index (χ1) is 8.54. The van der Waals surface area contributed by atoms with Gasteiger partial charge < -0.3 is 14.5 Å². The zero-order valence-electron chi connectivity index (χ0n) is 10.8. The van der Waals surface area contributed by atoms with E-state index in [1.54, 1.807) is 6.26 Å². The monoisotopic (exact) mass is 247 g/mol. The Labute approximate surface area is 106 Å². The molecule has 0 radical (unpaired) electrons. The Morgan fingerprint density at radius 1 is 1.39 bits per heavy atom. The predicted octanol–water partition coefficient (Wildman–Crippen LogP) is 3.04. The number of carbonyl (C=O) groups is 1. The van der Waals surface area contributed by atoms with Crippen LogP contribution < -0.4 is 5.32 Å². The molecule has 18 heavy (non-hydrogen) atoms. The fourth-order valence-electron chi connectivity index (χ4n) is 1.78.